The van der Waals surface area contributed by atoms with E-state index in [9.17, 15) is 4.79 Å². The molecule has 7 nitrogen and oxygen atoms in total. The number of esters is 1. The number of rotatable bonds is 5. The molecule has 29 heavy (non-hydrogen) atoms. The van der Waals surface area contributed by atoms with E-state index in [0.29, 0.717) is 34.3 Å². The maximum absolute atomic E-state index is 12.3. The number of carbonyl (C=O) groups excluding carboxylic acids is 1. The van der Waals surface area contributed by atoms with Crippen molar-refractivity contribution in [1.29, 1.82) is 0 Å². The fraction of sp³-hybridized carbons (Fsp3) is 0.227. The molecule has 2 aliphatic rings. The number of ether oxygens (including phenoxy) is 6. The summed E-state index contributed by atoms with van der Waals surface area (Å²) in [5.74, 6) is 2.50. The van der Waals surface area contributed by atoms with Gasteiger partial charge in [0.2, 0.25) is 12.5 Å². The van der Waals surface area contributed by atoms with Crippen molar-refractivity contribution in [2.75, 3.05) is 34.7 Å². The highest BCUT2D eigenvalue weighted by Crippen LogP contribution is 2.39. The molecule has 0 N–H and O–H groups in total. The molecule has 150 valence electrons. The highest BCUT2D eigenvalue weighted by atomic mass is 16.7. The average molecular weight is 396 g/mol. The second-order valence-electron chi connectivity index (χ2n) is 6.38. The van der Waals surface area contributed by atoms with Gasteiger partial charge in [-0.3, -0.25) is 0 Å². The van der Waals surface area contributed by atoms with E-state index in [1.807, 2.05) is 24.3 Å². The summed E-state index contributed by atoms with van der Waals surface area (Å²) in [5, 5.41) is 0. The molecule has 0 saturated carbocycles. The van der Waals surface area contributed by atoms with Crippen molar-refractivity contribution in [3.05, 3.63) is 52.6 Å². The number of hydrogen-bond donors (Lipinski definition) is 0. The fourth-order valence-corrected chi connectivity index (χ4v) is 3.26. The lowest BCUT2D eigenvalue weighted by Gasteiger charge is -2.13. The fourth-order valence-electron chi connectivity index (χ4n) is 3.26. The van der Waals surface area contributed by atoms with Gasteiger partial charge in [-0.05, 0) is 47.5 Å². The molecule has 0 aromatic heterocycles. The summed E-state index contributed by atoms with van der Waals surface area (Å²) in [6, 6.07) is 9.17. The van der Waals surface area contributed by atoms with Gasteiger partial charge in [-0.2, -0.15) is 0 Å². The first kappa shape index (κ1) is 18.7. The van der Waals surface area contributed by atoms with Crippen molar-refractivity contribution in [3.8, 4) is 28.7 Å². The van der Waals surface area contributed by atoms with Crippen molar-refractivity contribution < 1.29 is 33.2 Å². The molecule has 0 unspecified atom stereocenters. The first-order chi connectivity index (χ1) is 14.1. The summed E-state index contributed by atoms with van der Waals surface area (Å²) in [7, 11) is 4.63. The third-order valence-electron chi connectivity index (χ3n) is 4.66. The van der Waals surface area contributed by atoms with Crippen LogP contribution in [0.1, 0.15) is 11.1 Å². The van der Waals surface area contributed by atoms with Gasteiger partial charge in [0.25, 0.3) is 0 Å². The second-order valence-corrected chi connectivity index (χ2v) is 6.38. The third-order valence-corrected chi connectivity index (χ3v) is 4.66. The topological polar surface area (TPSA) is 72.5 Å². The summed E-state index contributed by atoms with van der Waals surface area (Å²) in [6.07, 6.45) is 3.65. The number of benzene rings is 2. The maximum Gasteiger partial charge on any atom is 0.338 e. The van der Waals surface area contributed by atoms with Crippen LogP contribution in [0.5, 0.6) is 28.7 Å². The number of carbonyl (C=O) groups is 1. The van der Waals surface area contributed by atoms with Crippen LogP contribution in [0.25, 0.3) is 12.2 Å². The molecule has 0 spiro atoms. The molecule has 2 heterocycles. The summed E-state index contributed by atoms with van der Waals surface area (Å²) >= 11 is 0. The summed E-state index contributed by atoms with van der Waals surface area (Å²) in [5.41, 5.74) is 2.85. The highest BCUT2D eigenvalue weighted by Gasteiger charge is 2.25. The summed E-state index contributed by atoms with van der Waals surface area (Å²) in [6.45, 7) is 0.410. The predicted octanol–water partition coefficient (Wildman–Crippen LogP) is 3.46. The molecule has 0 bridgehead atoms. The van der Waals surface area contributed by atoms with Crippen LogP contribution in [0, 0.1) is 0 Å². The monoisotopic (exact) mass is 396 g/mol. The van der Waals surface area contributed by atoms with Crippen LogP contribution in [-0.2, 0) is 9.53 Å². The molecule has 0 atom stereocenters. The van der Waals surface area contributed by atoms with Crippen LogP contribution in [0.15, 0.2) is 41.5 Å². The molecule has 2 aliphatic heterocycles. The molecule has 4 rings (SSSR count). The molecule has 0 radical (unpaired) electrons. The van der Waals surface area contributed by atoms with Gasteiger partial charge < -0.3 is 28.4 Å². The minimum absolute atomic E-state index is 0.198. The Bertz CT molecular complexity index is 995. The quantitative estimate of drug-likeness (QED) is 0.566. The van der Waals surface area contributed by atoms with E-state index < -0.39 is 0 Å². The van der Waals surface area contributed by atoms with E-state index in [1.165, 1.54) is 0 Å². The molecule has 2 aromatic carbocycles. The van der Waals surface area contributed by atoms with Gasteiger partial charge in [-0.25, -0.2) is 4.79 Å². The zero-order chi connectivity index (χ0) is 20.4. The van der Waals surface area contributed by atoms with E-state index in [1.54, 1.807) is 39.5 Å². The summed E-state index contributed by atoms with van der Waals surface area (Å²) in [4.78, 5) is 12.3. The maximum atomic E-state index is 12.3. The third kappa shape index (κ3) is 3.59. The molecule has 1 fully saturated rings. The summed E-state index contributed by atoms with van der Waals surface area (Å²) < 4.78 is 32.1. The van der Waals surface area contributed by atoms with Crippen molar-refractivity contribution >= 4 is 18.1 Å². The van der Waals surface area contributed by atoms with Crippen molar-refractivity contribution in [1.82, 2.24) is 0 Å². The predicted molar refractivity (Wildman–Crippen MR) is 106 cm³/mol. The number of methoxy groups -OCH3 is 3. The van der Waals surface area contributed by atoms with Gasteiger partial charge >= 0.3 is 5.97 Å². The van der Waals surface area contributed by atoms with Gasteiger partial charge in [0.1, 0.15) is 6.61 Å². The van der Waals surface area contributed by atoms with Crippen molar-refractivity contribution in [3.63, 3.8) is 0 Å². The zero-order valence-electron chi connectivity index (χ0n) is 16.3. The van der Waals surface area contributed by atoms with Crippen LogP contribution in [-0.4, -0.2) is 40.7 Å². The number of fused-ring (bicyclic) bond motifs is 1. The Morgan fingerprint density at radius 3 is 2.24 bits per heavy atom. The van der Waals surface area contributed by atoms with Crippen LogP contribution in [0.2, 0.25) is 0 Å². The van der Waals surface area contributed by atoms with Gasteiger partial charge in [0, 0.05) is 5.57 Å². The SMILES string of the molecule is COc1cc(/C=C2\C(=O)OC\C2=C\c2ccc3c(c2)OCO3)cc(OC)c1OC. The Morgan fingerprint density at radius 2 is 1.55 bits per heavy atom. The lowest BCUT2D eigenvalue weighted by atomic mass is 10.0. The van der Waals surface area contributed by atoms with Gasteiger partial charge in [0.05, 0.1) is 26.9 Å². The largest absolute Gasteiger partial charge is 0.493 e. The Balaban J connectivity index is 1.72. The van der Waals surface area contributed by atoms with Gasteiger partial charge in [-0.1, -0.05) is 6.07 Å². The van der Waals surface area contributed by atoms with E-state index in [4.69, 9.17) is 28.4 Å². The molecular formula is C22H20O7. The molecule has 1 saturated heterocycles. The molecular weight excluding hydrogens is 376 g/mol. The smallest absolute Gasteiger partial charge is 0.338 e. The van der Waals surface area contributed by atoms with Crippen molar-refractivity contribution in [2.45, 2.75) is 0 Å². The highest BCUT2D eigenvalue weighted by molar-refractivity contribution is 6.02. The Morgan fingerprint density at radius 1 is 0.828 bits per heavy atom. The van der Waals surface area contributed by atoms with Crippen LogP contribution in [0.4, 0.5) is 0 Å². The molecule has 2 aromatic rings. The first-order valence-corrected chi connectivity index (χ1v) is 8.92. The second kappa shape index (κ2) is 7.79. The van der Waals surface area contributed by atoms with E-state index in [2.05, 4.69) is 0 Å². The number of cyclic esters (lactones) is 1. The lowest BCUT2D eigenvalue weighted by Crippen LogP contribution is -1.97. The normalized spacial score (nSPS) is 17.6. The zero-order valence-corrected chi connectivity index (χ0v) is 16.3. The van der Waals surface area contributed by atoms with Gasteiger partial charge in [-0.15, -0.1) is 0 Å². The van der Waals surface area contributed by atoms with Crippen LogP contribution >= 0.6 is 0 Å². The molecule has 7 heteroatoms. The van der Waals surface area contributed by atoms with E-state index in [0.717, 1.165) is 16.7 Å². The Labute approximate surface area is 168 Å². The Kier molecular flexibility index (Phi) is 5.03. The first-order valence-electron chi connectivity index (χ1n) is 8.92. The van der Waals surface area contributed by atoms with Crippen LogP contribution < -0.4 is 23.7 Å². The minimum Gasteiger partial charge on any atom is -0.493 e. The van der Waals surface area contributed by atoms with E-state index in [-0.39, 0.29) is 19.4 Å². The molecule has 0 aliphatic carbocycles. The van der Waals surface area contributed by atoms with E-state index >= 15 is 0 Å². The average Bonchev–Trinajstić information content (AvgIpc) is 3.34. The molecule has 0 amide bonds. The van der Waals surface area contributed by atoms with Gasteiger partial charge in [0.15, 0.2) is 23.0 Å². The Hall–Kier alpha value is -3.61. The van der Waals surface area contributed by atoms with Crippen molar-refractivity contribution in [2.24, 2.45) is 0 Å². The lowest BCUT2D eigenvalue weighted by molar-refractivity contribution is -0.134. The minimum atomic E-state index is -0.384. The van der Waals surface area contributed by atoms with Crippen LogP contribution in [0.3, 0.4) is 0 Å². The number of hydrogen-bond acceptors (Lipinski definition) is 7. The standard InChI is InChI=1S/C22H20O7/c1-24-19-9-14(10-20(25-2)21(19)26-3)7-16-15(11-27-22(16)23)6-13-4-5-17-18(8-13)29-12-28-17/h4-10H,11-12H2,1-3H3/b15-6-,16-7-.